The van der Waals surface area contributed by atoms with E-state index in [-0.39, 0.29) is 17.2 Å². The van der Waals surface area contributed by atoms with Gasteiger partial charge in [0.1, 0.15) is 11.9 Å². The summed E-state index contributed by atoms with van der Waals surface area (Å²) in [5.74, 6) is -0.419. The number of hydroxylamine groups is 1. The SMILES string of the molecule is N#Cc1cc(N=C(NO)c2ccno2)ccc1F. The van der Waals surface area contributed by atoms with Gasteiger partial charge < -0.3 is 4.52 Å². The van der Waals surface area contributed by atoms with E-state index >= 15 is 0 Å². The van der Waals surface area contributed by atoms with Crippen molar-refractivity contribution >= 4 is 11.5 Å². The lowest BCUT2D eigenvalue weighted by Crippen LogP contribution is -2.19. The number of nitriles is 1. The van der Waals surface area contributed by atoms with E-state index < -0.39 is 5.82 Å². The second-order valence-corrected chi connectivity index (χ2v) is 3.22. The number of hydrogen-bond acceptors (Lipinski definition) is 5. The van der Waals surface area contributed by atoms with Crippen LogP contribution in [0.1, 0.15) is 11.3 Å². The summed E-state index contributed by atoms with van der Waals surface area (Å²) in [7, 11) is 0. The molecule has 6 nitrogen and oxygen atoms in total. The van der Waals surface area contributed by atoms with Crippen molar-refractivity contribution in [3.05, 3.63) is 47.6 Å². The zero-order chi connectivity index (χ0) is 13.0. The molecule has 90 valence electrons. The fourth-order valence-electron chi connectivity index (χ4n) is 1.27. The predicted octanol–water partition coefficient (Wildman–Crippen LogP) is 1.74. The molecule has 7 heteroatoms. The molecule has 0 saturated carbocycles. The van der Waals surface area contributed by atoms with Crippen molar-refractivity contribution in [2.24, 2.45) is 4.99 Å². The molecule has 1 aromatic carbocycles. The zero-order valence-corrected chi connectivity index (χ0v) is 8.96. The van der Waals surface area contributed by atoms with Crippen LogP contribution in [0.5, 0.6) is 0 Å². The smallest absolute Gasteiger partial charge is 0.203 e. The first-order chi connectivity index (χ1) is 8.74. The fraction of sp³-hybridized carbons (Fsp3) is 0. The van der Waals surface area contributed by atoms with Gasteiger partial charge in [0.2, 0.25) is 5.76 Å². The molecule has 1 aromatic heterocycles. The van der Waals surface area contributed by atoms with Gasteiger partial charge in [0.05, 0.1) is 17.4 Å². The first-order valence-corrected chi connectivity index (χ1v) is 4.84. The van der Waals surface area contributed by atoms with Gasteiger partial charge in [-0.1, -0.05) is 5.16 Å². The number of nitrogens with one attached hydrogen (secondary N) is 1. The van der Waals surface area contributed by atoms with E-state index in [1.807, 2.05) is 5.48 Å². The Bertz CT molecular complexity index is 616. The Morgan fingerprint density at radius 2 is 2.33 bits per heavy atom. The number of aromatic nitrogens is 1. The maximum absolute atomic E-state index is 13.1. The van der Waals surface area contributed by atoms with Crippen LogP contribution < -0.4 is 5.48 Å². The predicted molar refractivity (Wildman–Crippen MR) is 58.7 cm³/mol. The van der Waals surface area contributed by atoms with Crippen LogP contribution in [0.4, 0.5) is 10.1 Å². The van der Waals surface area contributed by atoms with Crippen LogP contribution in [0.15, 0.2) is 40.0 Å². The minimum atomic E-state index is -0.630. The molecule has 18 heavy (non-hydrogen) atoms. The molecule has 0 unspecified atom stereocenters. The molecule has 0 spiro atoms. The van der Waals surface area contributed by atoms with Crippen molar-refractivity contribution in [2.45, 2.75) is 0 Å². The first kappa shape index (κ1) is 11.8. The maximum Gasteiger partial charge on any atom is 0.203 e. The van der Waals surface area contributed by atoms with Gasteiger partial charge in [-0.15, -0.1) is 0 Å². The molecule has 0 saturated heterocycles. The summed E-state index contributed by atoms with van der Waals surface area (Å²) in [4.78, 5) is 3.97. The highest BCUT2D eigenvalue weighted by Crippen LogP contribution is 2.17. The summed E-state index contributed by atoms with van der Waals surface area (Å²) in [5.41, 5.74) is 2.00. The van der Waals surface area contributed by atoms with Gasteiger partial charge in [-0.25, -0.2) is 14.9 Å². The van der Waals surface area contributed by atoms with Gasteiger partial charge in [-0.2, -0.15) is 5.26 Å². The highest BCUT2D eigenvalue weighted by atomic mass is 19.1. The van der Waals surface area contributed by atoms with E-state index in [0.717, 1.165) is 6.07 Å². The third kappa shape index (κ3) is 2.34. The van der Waals surface area contributed by atoms with E-state index in [9.17, 15) is 4.39 Å². The van der Waals surface area contributed by atoms with Crippen molar-refractivity contribution < 1.29 is 14.1 Å². The quantitative estimate of drug-likeness (QED) is 0.478. The van der Waals surface area contributed by atoms with Gasteiger partial charge in [0, 0.05) is 6.07 Å². The van der Waals surface area contributed by atoms with Crippen molar-refractivity contribution in [3.63, 3.8) is 0 Å². The van der Waals surface area contributed by atoms with Crippen molar-refractivity contribution in [2.75, 3.05) is 0 Å². The highest BCUT2D eigenvalue weighted by Gasteiger charge is 2.08. The Morgan fingerprint density at radius 1 is 1.50 bits per heavy atom. The molecule has 2 rings (SSSR count). The maximum atomic E-state index is 13.1. The Kier molecular flexibility index (Phi) is 3.31. The zero-order valence-electron chi connectivity index (χ0n) is 8.96. The number of aliphatic imine (C=N–C) groups is 1. The van der Waals surface area contributed by atoms with Gasteiger partial charge >= 0.3 is 0 Å². The summed E-state index contributed by atoms with van der Waals surface area (Å²) < 4.78 is 17.9. The number of hydrogen-bond donors (Lipinski definition) is 2. The average molecular weight is 246 g/mol. The van der Waals surface area contributed by atoms with Crippen LogP contribution in [0.2, 0.25) is 0 Å². The number of benzene rings is 1. The topological polar surface area (TPSA) is 94.4 Å². The Hall–Kier alpha value is -2.72. The van der Waals surface area contributed by atoms with E-state index in [0.29, 0.717) is 5.69 Å². The number of rotatable bonds is 2. The summed E-state index contributed by atoms with van der Waals surface area (Å²) >= 11 is 0. The van der Waals surface area contributed by atoms with Crippen LogP contribution in [0.25, 0.3) is 0 Å². The van der Waals surface area contributed by atoms with Crippen LogP contribution in [0, 0.1) is 17.1 Å². The molecular weight excluding hydrogens is 239 g/mol. The minimum Gasteiger partial charge on any atom is -0.353 e. The van der Waals surface area contributed by atoms with Crippen LogP contribution in [-0.4, -0.2) is 16.2 Å². The molecule has 0 bridgehead atoms. The van der Waals surface area contributed by atoms with Gasteiger partial charge in [-0.05, 0) is 18.2 Å². The summed E-state index contributed by atoms with van der Waals surface area (Å²) in [5, 5.41) is 21.1. The molecule has 0 aliphatic carbocycles. The molecular formula is C11H7FN4O2. The summed E-state index contributed by atoms with van der Waals surface area (Å²) in [6.07, 6.45) is 1.38. The van der Waals surface area contributed by atoms with Crippen LogP contribution in [-0.2, 0) is 0 Å². The minimum absolute atomic E-state index is 0.00278. The highest BCUT2D eigenvalue weighted by molar-refractivity contribution is 5.96. The Labute approximate surface area is 101 Å². The Balaban J connectivity index is 2.40. The molecule has 0 amide bonds. The van der Waals surface area contributed by atoms with Gasteiger partial charge in [-0.3, -0.25) is 5.21 Å². The molecule has 2 aromatic rings. The van der Waals surface area contributed by atoms with E-state index in [1.165, 1.54) is 24.4 Å². The van der Waals surface area contributed by atoms with Crippen molar-refractivity contribution in [3.8, 4) is 6.07 Å². The number of halogens is 1. The lowest BCUT2D eigenvalue weighted by atomic mass is 10.2. The molecule has 2 N–H and O–H groups in total. The third-order valence-corrected chi connectivity index (χ3v) is 2.09. The largest absolute Gasteiger partial charge is 0.353 e. The van der Waals surface area contributed by atoms with E-state index in [1.54, 1.807) is 6.07 Å². The first-order valence-electron chi connectivity index (χ1n) is 4.84. The van der Waals surface area contributed by atoms with E-state index in [4.69, 9.17) is 15.0 Å². The van der Waals surface area contributed by atoms with Crippen LogP contribution in [0.3, 0.4) is 0 Å². The summed E-state index contributed by atoms with van der Waals surface area (Å²) in [6.45, 7) is 0. The summed E-state index contributed by atoms with van der Waals surface area (Å²) in [6, 6.07) is 6.92. The lowest BCUT2D eigenvalue weighted by Gasteiger charge is -2.01. The Morgan fingerprint density at radius 3 is 2.94 bits per heavy atom. The van der Waals surface area contributed by atoms with E-state index in [2.05, 4.69) is 10.1 Å². The monoisotopic (exact) mass is 246 g/mol. The molecule has 0 radical (unpaired) electrons. The molecule has 0 aliphatic rings. The molecule has 1 heterocycles. The molecule has 0 aliphatic heterocycles. The average Bonchev–Trinajstić information content (AvgIpc) is 2.91. The lowest BCUT2D eigenvalue weighted by molar-refractivity contribution is 0.231. The second-order valence-electron chi connectivity index (χ2n) is 3.22. The fourth-order valence-corrected chi connectivity index (χ4v) is 1.27. The van der Waals surface area contributed by atoms with Gasteiger partial charge in [0.25, 0.3) is 0 Å². The van der Waals surface area contributed by atoms with Crippen molar-refractivity contribution in [1.29, 1.82) is 5.26 Å². The molecule has 0 atom stereocenters. The molecule has 0 fully saturated rings. The standard InChI is InChI=1S/C11H7FN4O2/c12-9-2-1-8(5-7(9)6-13)15-11(16-17)10-3-4-14-18-10/h1-5,17H,(H,15,16). The van der Waals surface area contributed by atoms with Crippen LogP contribution >= 0.6 is 0 Å². The number of amidine groups is 1. The van der Waals surface area contributed by atoms with Crippen molar-refractivity contribution in [1.82, 2.24) is 10.6 Å². The number of nitrogens with zero attached hydrogens (tertiary/aromatic N) is 3. The third-order valence-electron chi connectivity index (χ3n) is 2.09. The normalized spacial score (nSPS) is 11.1. The second kappa shape index (κ2) is 5.07. The van der Waals surface area contributed by atoms with Gasteiger partial charge in [0.15, 0.2) is 5.84 Å².